The van der Waals surface area contributed by atoms with Gasteiger partial charge in [0.1, 0.15) is 0 Å². The molecule has 19 heavy (non-hydrogen) atoms. The van der Waals surface area contributed by atoms with Crippen molar-refractivity contribution in [2.45, 2.75) is 25.0 Å². The Bertz CT molecular complexity index is 631. The van der Waals surface area contributed by atoms with E-state index in [1.54, 1.807) is 6.92 Å². The monoisotopic (exact) mass is 285 g/mol. The second-order valence-electron chi connectivity index (χ2n) is 3.63. The molecule has 0 saturated heterocycles. The maximum absolute atomic E-state index is 11.5. The van der Waals surface area contributed by atoms with Gasteiger partial charge in [-0.15, -0.1) is 5.10 Å². The third-order valence-electron chi connectivity index (χ3n) is 2.17. The molecule has 2 heterocycles. The Balaban J connectivity index is 2.04. The van der Waals surface area contributed by atoms with Crippen molar-refractivity contribution >= 4 is 17.7 Å². The van der Waals surface area contributed by atoms with E-state index in [0.717, 1.165) is 11.8 Å². The molecule has 0 radical (unpaired) electrons. The van der Waals surface area contributed by atoms with Gasteiger partial charge in [0, 0.05) is 13.0 Å². The number of hydrogen-bond acceptors (Lipinski definition) is 7. The standard InChI is InChI=1S/C9H11N5O4S/c1-5-10-6(18-13-5)2-3-14-8(17)11-12-9(14)19-4-7(15)16/h2-4H2,1H3,(H,11,17)(H,15,16). The number of hydrogen-bond donors (Lipinski definition) is 2. The van der Waals surface area contributed by atoms with Crippen LogP contribution in [0.1, 0.15) is 11.7 Å². The van der Waals surface area contributed by atoms with Gasteiger partial charge >= 0.3 is 11.7 Å². The number of carboxylic acids is 1. The Kier molecular flexibility index (Phi) is 4.00. The number of nitrogens with zero attached hydrogens (tertiary/aromatic N) is 4. The number of aromatic nitrogens is 5. The van der Waals surface area contributed by atoms with Gasteiger partial charge in [0.05, 0.1) is 5.75 Å². The van der Waals surface area contributed by atoms with Crippen molar-refractivity contribution in [2.75, 3.05) is 5.75 Å². The van der Waals surface area contributed by atoms with Crippen LogP contribution in [0.2, 0.25) is 0 Å². The van der Waals surface area contributed by atoms with E-state index < -0.39 is 11.7 Å². The third-order valence-corrected chi connectivity index (χ3v) is 3.13. The average molecular weight is 285 g/mol. The summed E-state index contributed by atoms with van der Waals surface area (Å²) in [7, 11) is 0. The van der Waals surface area contributed by atoms with Gasteiger partial charge in [-0.25, -0.2) is 9.89 Å². The van der Waals surface area contributed by atoms with E-state index in [-0.39, 0.29) is 5.75 Å². The summed E-state index contributed by atoms with van der Waals surface area (Å²) in [4.78, 5) is 26.0. The number of nitrogens with one attached hydrogen (secondary N) is 1. The fourth-order valence-corrected chi connectivity index (χ4v) is 2.08. The first-order chi connectivity index (χ1) is 9.06. The quantitative estimate of drug-likeness (QED) is 0.691. The summed E-state index contributed by atoms with van der Waals surface area (Å²) >= 11 is 0.971. The number of aryl methyl sites for hydroxylation is 2. The highest BCUT2D eigenvalue weighted by Crippen LogP contribution is 2.13. The Labute approximate surface area is 111 Å². The summed E-state index contributed by atoms with van der Waals surface area (Å²) < 4.78 is 6.27. The lowest BCUT2D eigenvalue weighted by molar-refractivity contribution is -0.133. The summed E-state index contributed by atoms with van der Waals surface area (Å²) in [5.74, 6) is -0.196. The summed E-state index contributed by atoms with van der Waals surface area (Å²) in [5.41, 5.74) is -0.399. The van der Waals surface area contributed by atoms with E-state index in [1.807, 2.05) is 0 Å². The molecule has 0 spiro atoms. The maximum atomic E-state index is 11.5. The van der Waals surface area contributed by atoms with Crippen molar-refractivity contribution in [3.63, 3.8) is 0 Å². The molecule has 0 atom stereocenters. The maximum Gasteiger partial charge on any atom is 0.343 e. The molecule has 0 aromatic carbocycles. The van der Waals surface area contributed by atoms with E-state index in [9.17, 15) is 9.59 Å². The van der Waals surface area contributed by atoms with E-state index in [4.69, 9.17) is 9.63 Å². The van der Waals surface area contributed by atoms with Gasteiger partial charge in [0.15, 0.2) is 11.0 Å². The van der Waals surface area contributed by atoms with Crippen LogP contribution < -0.4 is 5.69 Å². The largest absolute Gasteiger partial charge is 0.481 e. The molecule has 0 unspecified atom stereocenters. The van der Waals surface area contributed by atoms with Crippen LogP contribution in [0.5, 0.6) is 0 Å². The summed E-state index contributed by atoms with van der Waals surface area (Å²) in [6.07, 6.45) is 0.376. The minimum atomic E-state index is -0.973. The van der Waals surface area contributed by atoms with Crippen LogP contribution >= 0.6 is 11.8 Å². The highest BCUT2D eigenvalue weighted by Gasteiger charge is 2.12. The molecule has 0 amide bonds. The first-order valence-corrected chi connectivity index (χ1v) is 6.34. The summed E-state index contributed by atoms with van der Waals surface area (Å²) in [5, 5.41) is 18.6. The number of H-pyrrole nitrogens is 1. The van der Waals surface area contributed by atoms with Gasteiger partial charge in [-0.3, -0.25) is 9.36 Å². The molecular weight excluding hydrogens is 274 g/mol. The van der Waals surface area contributed by atoms with Crippen LogP contribution in [-0.2, 0) is 17.8 Å². The molecule has 2 N–H and O–H groups in total. The van der Waals surface area contributed by atoms with Crippen molar-refractivity contribution in [3.8, 4) is 0 Å². The normalized spacial score (nSPS) is 10.8. The Morgan fingerprint density at radius 3 is 3.00 bits per heavy atom. The highest BCUT2D eigenvalue weighted by atomic mass is 32.2. The number of aromatic amines is 1. The van der Waals surface area contributed by atoms with Gasteiger partial charge in [-0.1, -0.05) is 16.9 Å². The predicted molar refractivity (Wildman–Crippen MR) is 63.9 cm³/mol. The van der Waals surface area contributed by atoms with Crippen LogP contribution in [0.25, 0.3) is 0 Å². The van der Waals surface area contributed by atoms with Crippen molar-refractivity contribution in [1.29, 1.82) is 0 Å². The second-order valence-corrected chi connectivity index (χ2v) is 4.57. The summed E-state index contributed by atoms with van der Waals surface area (Å²) in [6, 6.07) is 0. The first kappa shape index (κ1) is 13.3. The van der Waals surface area contributed by atoms with E-state index in [2.05, 4.69) is 20.3 Å². The fourth-order valence-electron chi connectivity index (χ4n) is 1.39. The number of thioether (sulfide) groups is 1. The molecule has 9 nitrogen and oxygen atoms in total. The van der Waals surface area contributed by atoms with Gasteiger partial charge in [-0.05, 0) is 6.92 Å². The van der Waals surface area contributed by atoms with Crippen molar-refractivity contribution < 1.29 is 14.4 Å². The molecule has 102 valence electrons. The zero-order chi connectivity index (χ0) is 13.8. The second kappa shape index (κ2) is 5.69. The molecule has 2 aromatic rings. The molecular formula is C9H11N5O4S. The van der Waals surface area contributed by atoms with E-state index >= 15 is 0 Å². The summed E-state index contributed by atoms with van der Waals surface area (Å²) in [6.45, 7) is 1.99. The lowest BCUT2D eigenvalue weighted by atomic mass is 10.4. The van der Waals surface area contributed by atoms with E-state index in [0.29, 0.717) is 29.8 Å². The van der Waals surface area contributed by atoms with Crippen LogP contribution in [0, 0.1) is 6.92 Å². The molecule has 0 saturated carbocycles. The smallest absolute Gasteiger partial charge is 0.343 e. The van der Waals surface area contributed by atoms with Gasteiger partial charge < -0.3 is 9.63 Å². The molecule has 0 aliphatic heterocycles. The minimum Gasteiger partial charge on any atom is -0.481 e. The Hall–Kier alpha value is -2.10. The van der Waals surface area contributed by atoms with Crippen LogP contribution in [0.15, 0.2) is 14.5 Å². The van der Waals surface area contributed by atoms with Crippen LogP contribution in [-0.4, -0.2) is 41.7 Å². The predicted octanol–water partition coefficient (Wildman–Crippen LogP) is -0.318. The Morgan fingerprint density at radius 1 is 1.58 bits per heavy atom. The molecule has 2 rings (SSSR count). The molecule has 0 aliphatic carbocycles. The molecule has 0 aliphatic rings. The topological polar surface area (TPSA) is 127 Å². The van der Waals surface area contributed by atoms with Crippen LogP contribution in [0.3, 0.4) is 0 Å². The highest BCUT2D eigenvalue weighted by molar-refractivity contribution is 7.99. The van der Waals surface area contributed by atoms with Crippen molar-refractivity contribution in [2.24, 2.45) is 0 Å². The third kappa shape index (κ3) is 3.44. The van der Waals surface area contributed by atoms with E-state index in [1.165, 1.54) is 4.57 Å². The van der Waals surface area contributed by atoms with Crippen LogP contribution in [0.4, 0.5) is 0 Å². The number of rotatable bonds is 6. The molecule has 2 aromatic heterocycles. The average Bonchev–Trinajstić information content (AvgIpc) is 2.91. The van der Waals surface area contributed by atoms with Gasteiger partial charge in [0.25, 0.3) is 0 Å². The lowest BCUT2D eigenvalue weighted by Crippen LogP contribution is -2.19. The Morgan fingerprint density at radius 2 is 2.37 bits per heavy atom. The number of aliphatic carboxylic acids is 1. The van der Waals surface area contributed by atoms with Crippen molar-refractivity contribution in [3.05, 3.63) is 22.2 Å². The number of carboxylic acid groups (broad SMARTS) is 1. The SMILES string of the molecule is Cc1noc(CCn2c(SCC(=O)O)n[nH]c2=O)n1. The lowest BCUT2D eigenvalue weighted by Gasteiger charge is -2.01. The zero-order valence-electron chi connectivity index (χ0n) is 9.99. The minimum absolute atomic E-state index is 0.163. The number of carbonyl (C=O) groups is 1. The van der Waals surface area contributed by atoms with Gasteiger partial charge in [0.2, 0.25) is 5.89 Å². The first-order valence-electron chi connectivity index (χ1n) is 5.35. The van der Waals surface area contributed by atoms with Crippen molar-refractivity contribution in [1.82, 2.24) is 24.9 Å². The fraction of sp³-hybridized carbons (Fsp3) is 0.444. The van der Waals surface area contributed by atoms with Gasteiger partial charge in [-0.2, -0.15) is 4.98 Å². The molecule has 10 heteroatoms. The molecule has 0 fully saturated rings. The molecule has 0 bridgehead atoms. The zero-order valence-corrected chi connectivity index (χ0v) is 10.8.